The van der Waals surface area contributed by atoms with E-state index in [9.17, 15) is 0 Å². The van der Waals surface area contributed by atoms with Crippen molar-refractivity contribution >= 4 is 17.2 Å². The molecule has 1 aromatic rings. The molecule has 1 aromatic carbocycles. The average Bonchev–Trinajstić information content (AvgIpc) is 2.16. The lowest BCUT2D eigenvalue weighted by atomic mass is 10.0. The topological polar surface area (TPSA) is 21.3 Å². The molecule has 2 rings (SSSR count). The van der Waals surface area contributed by atoms with E-state index in [1.54, 1.807) is 7.11 Å². The molecule has 0 saturated heterocycles. The van der Waals surface area contributed by atoms with Gasteiger partial charge in [0, 0.05) is 13.0 Å². The van der Waals surface area contributed by atoms with E-state index in [1.165, 1.54) is 11.1 Å². The standard InChI is InChI=1S/C10H11NOS/c1-12-9-3-2-7-6-11-10(13)5-8(7)4-9/h2-4H,5-6H2,1H3,(H,11,13). The van der Waals surface area contributed by atoms with Crippen LogP contribution in [-0.4, -0.2) is 12.1 Å². The molecule has 2 nitrogen and oxygen atoms in total. The Hall–Kier alpha value is -1.09. The van der Waals surface area contributed by atoms with Crippen molar-refractivity contribution in [3.05, 3.63) is 29.3 Å². The fourth-order valence-corrected chi connectivity index (χ4v) is 1.72. The van der Waals surface area contributed by atoms with E-state index in [0.29, 0.717) is 0 Å². The highest BCUT2D eigenvalue weighted by Gasteiger charge is 2.12. The molecular formula is C10H11NOS. The summed E-state index contributed by atoms with van der Waals surface area (Å²) in [6, 6.07) is 6.13. The fraction of sp³-hybridized carbons (Fsp3) is 0.300. The minimum absolute atomic E-state index is 0.835. The SMILES string of the molecule is COc1ccc2c(c1)CC(=S)NC2. The quantitative estimate of drug-likeness (QED) is 0.685. The molecule has 0 aliphatic carbocycles. The van der Waals surface area contributed by atoms with Gasteiger partial charge in [0.25, 0.3) is 0 Å². The second kappa shape index (κ2) is 3.34. The van der Waals surface area contributed by atoms with Gasteiger partial charge in [-0.1, -0.05) is 18.3 Å². The number of ether oxygens (including phenoxy) is 1. The Balaban J connectivity index is 2.38. The molecule has 68 valence electrons. The van der Waals surface area contributed by atoms with Crippen LogP contribution >= 0.6 is 12.2 Å². The summed E-state index contributed by atoms with van der Waals surface area (Å²) in [5.41, 5.74) is 2.59. The maximum Gasteiger partial charge on any atom is 0.119 e. The molecule has 1 aliphatic heterocycles. The lowest BCUT2D eigenvalue weighted by Crippen LogP contribution is -2.28. The maximum atomic E-state index is 5.15. The Morgan fingerprint density at radius 1 is 1.38 bits per heavy atom. The smallest absolute Gasteiger partial charge is 0.119 e. The Morgan fingerprint density at radius 2 is 2.23 bits per heavy atom. The number of benzene rings is 1. The molecule has 0 fully saturated rings. The molecule has 1 heterocycles. The monoisotopic (exact) mass is 193 g/mol. The highest BCUT2D eigenvalue weighted by molar-refractivity contribution is 7.80. The van der Waals surface area contributed by atoms with E-state index < -0.39 is 0 Å². The van der Waals surface area contributed by atoms with Gasteiger partial charge in [-0.05, 0) is 23.3 Å². The van der Waals surface area contributed by atoms with E-state index in [4.69, 9.17) is 17.0 Å². The molecule has 3 heteroatoms. The molecule has 1 N–H and O–H groups in total. The van der Waals surface area contributed by atoms with Crippen molar-refractivity contribution < 1.29 is 4.74 Å². The molecular weight excluding hydrogens is 182 g/mol. The number of nitrogens with one attached hydrogen (secondary N) is 1. The molecule has 0 saturated carbocycles. The third kappa shape index (κ3) is 1.65. The number of methoxy groups -OCH3 is 1. The highest BCUT2D eigenvalue weighted by Crippen LogP contribution is 2.20. The Kier molecular flexibility index (Phi) is 2.19. The first-order valence-electron chi connectivity index (χ1n) is 4.22. The molecule has 0 bridgehead atoms. The molecule has 1 aliphatic rings. The van der Waals surface area contributed by atoms with Gasteiger partial charge in [-0.2, -0.15) is 0 Å². The Morgan fingerprint density at radius 3 is 3.00 bits per heavy atom. The van der Waals surface area contributed by atoms with Crippen LogP contribution in [0.3, 0.4) is 0 Å². The predicted molar refractivity (Wildman–Crippen MR) is 56.1 cm³/mol. The van der Waals surface area contributed by atoms with Gasteiger partial charge in [0.2, 0.25) is 0 Å². The fourth-order valence-electron chi connectivity index (χ4n) is 1.50. The molecule has 0 aromatic heterocycles. The average molecular weight is 193 g/mol. The summed E-state index contributed by atoms with van der Waals surface area (Å²) < 4.78 is 5.15. The van der Waals surface area contributed by atoms with Crippen molar-refractivity contribution in [3.63, 3.8) is 0 Å². The summed E-state index contributed by atoms with van der Waals surface area (Å²) in [5.74, 6) is 0.906. The Bertz CT molecular complexity index is 349. The second-order valence-corrected chi connectivity index (χ2v) is 3.58. The van der Waals surface area contributed by atoms with E-state index in [2.05, 4.69) is 17.4 Å². The molecule has 0 unspecified atom stereocenters. The molecule has 0 atom stereocenters. The van der Waals surface area contributed by atoms with Crippen molar-refractivity contribution in [2.75, 3.05) is 7.11 Å². The normalized spacial score (nSPS) is 14.7. The van der Waals surface area contributed by atoms with Crippen molar-refractivity contribution in [3.8, 4) is 5.75 Å². The van der Waals surface area contributed by atoms with Crippen LogP contribution in [-0.2, 0) is 13.0 Å². The molecule has 13 heavy (non-hydrogen) atoms. The van der Waals surface area contributed by atoms with Gasteiger partial charge in [-0.25, -0.2) is 0 Å². The summed E-state index contributed by atoms with van der Waals surface area (Å²) in [4.78, 5) is 0.917. The van der Waals surface area contributed by atoms with Crippen LogP contribution in [0.2, 0.25) is 0 Å². The van der Waals surface area contributed by atoms with Crippen molar-refractivity contribution in [1.82, 2.24) is 5.32 Å². The van der Waals surface area contributed by atoms with Crippen LogP contribution in [0.1, 0.15) is 11.1 Å². The van der Waals surface area contributed by atoms with E-state index in [1.807, 2.05) is 6.07 Å². The molecule has 0 spiro atoms. The van der Waals surface area contributed by atoms with Gasteiger partial charge in [0.15, 0.2) is 0 Å². The van der Waals surface area contributed by atoms with Crippen LogP contribution in [0, 0.1) is 0 Å². The van der Waals surface area contributed by atoms with Crippen LogP contribution < -0.4 is 10.1 Å². The van der Waals surface area contributed by atoms with Gasteiger partial charge >= 0.3 is 0 Å². The minimum atomic E-state index is 0.835. The van der Waals surface area contributed by atoms with Crippen LogP contribution in [0.25, 0.3) is 0 Å². The van der Waals surface area contributed by atoms with Crippen molar-refractivity contribution in [1.29, 1.82) is 0 Å². The third-order valence-corrected chi connectivity index (χ3v) is 2.53. The first kappa shape index (κ1) is 8.51. The number of fused-ring (bicyclic) bond motifs is 1. The zero-order valence-corrected chi connectivity index (χ0v) is 8.28. The lowest BCUT2D eigenvalue weighted by Gasteiger charge is -2.19. The highest BCUT2D eigenvalue weighted by atomic mass is 32.1. The van der Waals surface area contributed by atoms with Gasteiger partial charge in [0.1, 0.15) is 5.75 Å². The largest absolute Gasteiger partial charge is 0.497 e. The third-order valence-electron chi connectivity index (χ3n) is 2.24. The van der Waals surface area contributed by atoms with Crippen molar-refractivity contribution in [2.24, 2.45) is 0 Å². The zero-order chi connectivity index (χ0) is 9.26. The van der Waals surface area contributed by atoms with Crippen LogP contribution in [0.15, 0.2) is 18.2 Å². The van der Waals surface area contributed by atoms with Gasteiger partial charge in [0.05, 0.1) is 12.1 Å². The number of hydrogen-bond acceptors (Lipinski definition) is 2. The van der Waals surface area contributed by atoms with E-state index in [0.717, 1.165) is 23.7 Å². The number of rotatable bonds is 1. The van der Waals surface area contributed by atoms with E-state index in [-0.39, 0.29) is 0 Å². The first-order valence-corrected chi connectivity index (χ1v) is 4.63. The van der Waals surface area contributed by atoms with Crippen LogP contribution in [0.4, 0.5) is 0 Å². The number of thiocarbonyl (C=S) groups is 1. The molecule has 0 amide bonds. The number of hydrogen-bond donors (Lipinski definition) is 1. The summed E-state index contributed by atoms with van der Waals surface area (Å²) >= 11 is 5.11. The van der Waals surface area contributed by atoms with Gasteiger partial charge in [-0.3, -0.25) is 0 Å². The first-order chi connectivity index (χ1) is 6.29. The second-order valence-electron chi connectivity index (χ2n) is 3.09. The summed E-state index contributed by atoms with van der Waals surface area (Å²) in [5, 5.41) is 3.17. The van der Waals surface area contributed by atoms with Gasteiger partial charge in [-0.15, -0.1) is 0 Å². The lowest BCUT2D eigenvalue weighted by molar-refractivity contribution is 0.414. The predicted octanol–water partition coefficient (Wildman–Crippen LogP) is 1.67. The summed E-state index contributed by atoms with van der Waals surface area (Å²) in [7, 11) is 1.68. The van der Waals surface area contributed by atoms with E-state index >= 15 is 0 Å². The van der Waals surface area contributed by atoms with Crippen molar-refractivity contribution in [2.45, 2.75) is 13.0 Å². The van der Waals surface area contributed by atoms with Gasteiger partial charge < -0.3 is 10.1 Å². The minimum Gasteiger partial charge on any atom is -0.497 e. The summed E-state index contributed by atoms with van der Waals surface area (Å²) in [6.07, 6.45) is 0.835. The zero-order valence-electron chi connectivity index (χ0n) is 7.46. The Labute approximate surface area is 82.9 Å². The molecule has 0 radical (unpaired) electrons. The van der Waals surface area contributed by atoms with Crippen LogP contribution in [0.5, 0.6) is 5.75 Å². The summed E-state index contributed by atoms with van der Waals surface area (Å²) in [6.45, 7) is 0.845. The maximum absolute atomic E-state index is 5.15.